The van der Waals surface area contributed by atoms with Crippen LogP contribution in [0.25, 0.3) is 10.9 Å². The lowest BCUT2D eigenvalue weighted by Gasteiger charge is -2.13. The summed E-state index contributed by atoms with van der Waals surface area (Å²) in [5.74, 6) is 0.597. The molecule has 0 atom stereocenters. The summed E-state index contributed by atoms with van der Waals surface area (Å²) in [6.45, 7) is 4.98. The van der Waals surface area contributed by atoms with Crippen molar-refractivity contribution in [2.75, 3.05) is 17.7 Å². The maximum absolute atomic E-state index is 12.8. The topological polar surface area (TPSA) is 73.2 Å². The fraction of sp³-hybridized carbons (Fsp3) is 0.286. The number of nitrogens with zero attached hydrogens (tertiary/aromatic N) is 2. The van der Waals surface area contributed by atoms with Crippen molar-refractivity contribution in [1.82, 2.24) is 9.55 Å². The molecule has 0 spiro atoms. The Kier molecular flexibility index (Phi) is 7.33. The van der Waals surface area contributed by atoms with Crippen molar-refractivity contribution in [3.8, 4) is 5.75 Å². The van der Waals surface area contributed by atoms with Gasteiger partial charge in [0.1, 0.15) is 5.75 Å². The SMILES string of the molecule is CCCOc1ccccc1NC(=O)CSc1nc2ccc(Br)cc2c(=O)n1CC. The van der Waals surface area contributed by atoms with E-state index in [0.29, 0.717) is 40.6 Å². The smallest absolute Gasteiger partial charge is 0.262 e. The first-order valence-electron chi connectivity index (χ1n) is 9.38. The fourth-order valence-corrected chi connectivity index (χ4v) is 4.01. The molecular weight excluding hydrogens is 454 g/mol. The van der Waals surface area contributed by atoms with Gasteiger partial charge in [-0.25, -0.2) is 4.98 Å². The lowest BCUT2D eigenvalue weighted by atomic mass is 10.2. The van der Waals surface area contributed by atoms with Crippen molar-refractivity contribution in [1.29, 1.82) is 0 Å². The molecule has 2 aromatic carbocycles. The van der Waals surface area contributed by atoms with Gasteiger partial charge in [-0.15, -0.1) is 0 Å². The molecule has 0 fully saturated rings. The molecule has 0 unspecified atom stereocenters. The number of carbonyl (C=O) groups excluding carboxylic acids is 1. The van der Waals surface area contributed by atoms with E-state index in [0.717, 1.165) is 10.9 Å². The van der Waals surface area contributed by atoms with Crippen molar-refractivity contribution in [2.45, 2.75) is 32.0 Å². The van der Waals surface area contributed by atoms with Crippen LogP contribution in [0.2, 0.25) is 0 Å². The van der Waals surface area contributed by atoms with Crippen LogP contribution in [0.3, 0.4) is 0 Å². The van der Waals surface area contributed by atoms with E-state index in [1.165, 1.54) is 11.8 Å². The van der Waals surface area contributed by atoms with Gasteiger partial charge in [-0.2, -0.15) is 0 Å². The van der Waals surface area contributed by atoms with Crippen LogP contribution < -0.4 is 15.6 Å². The number of halogens is 1. The van der Waals surface area contributed by atoms with Crippen LogP contribution >= 0.6 is 27.7 Å². The third-order valence-electron chi connectivity index (χ3n) is 4.15. The van der Waals surface area contributed by atoms with Crippen LogP contribution in [0.4, 0.5) is 5.69 Å². The average molecular weight is 476 g/mol. The summed E-state index contributed by atoms with van der Waals surface area (Å²) in [5, 5.41) is 3.96. The predicted octanol–water partition coefficient (Wildman–Crippen LogP) is 4.70. The molecule has 1 N–H and O–H groups in total. The van der Waals surface area contributed by atoms with Crippen LogP contribution in [-0.4, -0.2) is 27.8 Å². The number of amides is 1. The summed E-state index contributed by atoms with van der Waals surface area (Å²) >= 11 is 4.63. The molecule has 0 aliphatic rings. The molecule has 0 aliphatic heterocycles. The Bertz CT molecular complexity index is 1080. The quantitative estimate of drug-likeness (QED) is 0.377. The Hall–Kier alpha value is -2.32. The maximum atomic E-state index is 12.8. The molecule has 8 heteroatoms. The Morgan fingerprint density at radius 3 is 2.79 bits per heavy atom. The number of anilines is 1. The summed E-state index contributed by atoms with van der Waals surface area (Å²) in [6.07, 6.45) is 0.886. The number of aromatic nitrogens is 2. The molecule has 3 rings (SSSR count). The van der Waals surface area contributed by atoms with Gasteiger partial charge in [0.05, 0.1) is 29.0 Å². The summed E-state index contributed by atoms with van der Waals surface area (Å²) in [6, 6.07) is 12.8. The Balaban J connectivity index is 1.76. The number of thioether (sulfide) groups is 1. The molecule has 1 heterocycles. The highest BCUT2D eigenvalue weighted by Gasteiger charge is 2.14. The lowest BCUT2D eigenvalue weighted by molar-refractivity contribution is -0.113. The van der Waals surface area contributed by atoms with Crippen LogP contribution in [0.15, 0.2) is 56.9 Å². The molecule has 0 bridgehead atoms. The molecule has 29 heavy (non-hydrogen) atoms. The van der Waals surface area contributed by atoms with Crippen LogP contribution in [0.5, 0.6) is 5.75 Å². The minimum atomic E-state index is -0.185. The van der Waals surface area contributed by atoms with Crippen molar-refractivity contribution >= 4 is 50.2 Å². The van der Waals surface area contributed by atoms with Gasteiger partial charge in [0.2, 0.25) is 5.91 Å². The fourth-order valence-electron chi connectivity index (χ4n) is 2.79. The van der Waals surface area contributed by atoms with E-state index in [2.05, 4.69) is 26.2 Å². The number of ether oxygens (including phenoxy) is 1. The number of nitrogens with one attached hydrogen (secondary N) is 1. The van der Waals surface area contributed by atoms with E-state index in [9.17, 15) is 9.59 Å². The van der Waals surface area contributed by atoms with Gasteiger partial charge >= 0.3 is 0 Å². The standard InChI is InChI=1S/C21H22BrN3O3S/c1-3-11-28-18-8-6-5-7-17(18)23-19(26)13-29-21-24-16-10-9-14(22)12-15(16)20(27)25(21)4-2/h5-10,12H,3-4,11,13H2,1-2H3,(H,23,26). The van der Waals surface area contributed by atoms with Gasteiger partial charge in [0.25, 0.3) is 5.56 Å². The zero-order valence-corrected chi connectivity index (χ0v) is 18.7. The van der Waals surface area contributed by atoms with E-state index < -0.39 is 0 Å². The van der Waals surface area contributed by atoms with Gasteiger partial charge in [-0.3, -0.25) is 14.2 Å². The molecule has 1 aromatic heterocycles. The number of hydrogen-bond acceptors (Lipinski definition) is 5. The van der Waals surface area contributed by atoms with E-state index in [1.807, 2.05) is 44.2 Å². The third-order valence-corrected chi connectivity index (χ3v) is 5.62. The summed E-state index contributed by atoms with van der Waals surface area (Å²) in [5.41, 5.74) is 1.14. The van der Waals surface area contributed by atoms with Gasteiger partial charge in [-0.1, -0.05) is 46.7 Å². The Morgan fingerprint density at radius 2 is 2.03 bits per heavy atom. The van der Waals surface area contributed by atoms with Gasteiger partial charge in [-0.05, 0) is 43.7 Å². The summed E-state index contributed by atoms with van der Waals surface area (Å²) in [7, 11) is 0. The number of fused-ring (bicyclic) bond motifs is 1. The Morgan fingerprint density at radius 1 is 1.24 bits per heavy atom. The van der Waals surface area contributed by atoms with Crippen molar-refractivity contribution < 1.29 is 9.53 Å². The average Bonchev–Trinajstić information content (AvgIpc) is 2.72. The first-order chi connectivity index (χ1) is 14.0. The van der Waals surface area contributed by atoms with Crippen molar-refractivity contribution in [3.63, 3.8) is 0 Å². The summed E-state index contributed by atoms with van der Waals surface area (Å²) in [4.78, 5) is 29.9. The highest BCUT2D eigenvalue weighted by atomic mass is 79.9. The molecule has 0 aliphatic carbocycles. The van der Waals surface area contributed by atoms with E-state index >= 15 is 0 Å². The maximum Gasteiger partial charge on any atom is 0.262 e. The normalized spacial score (nSPS) is 10.9. The number of rotatable bonds is 8. The molecular formula is C21H22BrN3O3S. The molecule has 3 aromatic rings. The number of para-hydroxylation sites is 2. The molecule has 152 valence electrons. The number of carbonyl (C=O) groups is 1. The zero-order chi connectivity index (χ0) is 20.8. The third kappa shape index (κ3) is 5.19. The zero-order valence-electron chi connectivity index (χ0n) is 16.3. The highest BCUT2D eigenvalue weighted by Crippen LogP contribution is 2.25. The molecule has 0 saturated heterocycles. The monoisotopic (exact) mass is 475 g/mol. The van der Waals surface area contributed by atoms with Gasteiger partial charge in [0, 0.05) is 11.0 Å². The predicted molar refractivity (Wildman–Crippen MR) is 121 cm³/mol. The molecule has 0 saturated carbocycles. The molecule has 0 radical (unpaired) electrons. The number of hydrogen-bond donors (Lipinski definition) is 1. The second-order valence-electron chi connectivity index (χ2n) is 6.29. The largest absolute Gasteiger partial charge is 0.491 e. The van der Waals surface area contributed by atoms with Crippen LogP contribution in [0.1, 0.15) is 20.3 Å². The van der Waals surface area contributed by atoms with Crippen LogP contribution in [0, 0.1) is 0 Å². The van der Waals surface area contributed by atoms with E-state index in [-0.39, 0.29) is 17.2 Å². The van der Waals surface area contributed by atoms with E-state index in [1.54, 1.807) is 16.7 Å². The minimum Gasteiger partial charge on any atom is -0.491 e. The first kappa shape index (κ1) is 21.4. The second kappa shape index (κ2) is 9.93. The van der Waals surface area contributed by atoms with Crippen molar-refractivity contribution in [3.05, 3.63) is 57.3 Å². The van der Waals surface area contributed by atoms with E-state index in [4.69, 9.17) is 4.74 Å². The first-order valence-corrected chi connectivity index (χ1v) is 11.2. The second-order valence-corrected chi connectivity index (χ2v) is 8.14. The molecule has 6 nitrogen and oxygen atoms in total. The number of benzene rings is 2. The van der Waals surface area contributed by atoms with Crippen LogP contribution in [-0.2, 0) is 11.3 Å². The summed E-state index contributed by atoms with van der Waals surface area (Å²) < 4.78 is 8.09. The van der Waals surface area contributed by atoms with Crippen molar-refractivity contribution in [2.24, 2.45) is 0 Å². The minimum absolute atomic E-state index is 0.111. The van der Waals surface area contributed by atoms with Gasteiger partial charge in [0.15, 0.2) is 5.16 Å². The lowest BCUT2D eigenvalue weighted by Crippen LogP contribution is -2.23. The Labute approximate surface area is 181 Å². The van der Waals surface area contributed by atoms with Gasteiger partial charge < -0.3 is 10.1 Å². The molecule has 1 amide bonds. The highest BCUT2D eigenvalue weighted by molar-refractivity contribution is 9.10.